The van der Waals surface area contributed by atoms with Crippen molar-refractivity contribution in [2.45, 2.75) is 25.4 Å². The number of carbonyl (C=O) groups excluding carboxylic acids is 1. The molecule has 0 N–H and O–H groups in total. The van der Waals surface area contributed by atoms with Crippen molar-refractivity contribution < 1.29 is 4.79 Å². The van der Waals surface area contributed by atoms with Crippen LogP contribution in [-0.2, 0) is 11.3 Å². The molecule has 0 spiro atoms. The Kier molecular flexibility index (Phi) is 3.85. The molecule has 6 rings (SSSR count). The number of amides is 1. The van der Waals surface area contributed by atoms with E-state index in [-0.39, 0.29) is 17.9 Å². The maximum atomic E-state index is 13.0. The highest BCUT2D eigenvalue weighted by atomic mass is 32.1. The lowest BCUT2D eigenvalue weighted by atomic mass is 9.94. The molecule has 0 saturated carbocycles. The van der Waals surface area contributed by atoms with Crippen LogP contribution in [-0.4, -0.2) is 39.9 Å². The molecule has 3 aliphatic heterocycles. The van der Waals surface area contributed by atoms with Gasteiger partial charge < -0.3 is 9.80 Å². The number of anilines is 1. The summed E-state index contributed by atoms with van der Waals surface area (Å²) in [6, 6.07) is 12.6. The molecular formula is C20H20N4OS. The quantitative estimate of drug-likeness (QED) is 0.715. The molecule has 3 aromatic rings. The average molecular weight is 364 g/mol. The molecule has 1 amide bonds. The highest BCUT2D eigenvalue weighted by Crippen LogP contribution is 2.32. The summed E-state index contributed by atoms with van der Waals surface area (Å²) < 4.78 is 0. The van der Waals surface area contributed by atoms with E-state index >= 15 is 0 Å². The smallest absolute Gasteiger partial charge is 0.228 e. The van der Waals surface area contributed by atoms with Crippen molar-refractivity contribution in [3.63, 3.8) is 0 Å². The number of para-hydroxylation sites is 1. The number of hydrogen-bond acceptors (Lipinski definition) is 5. The van der Waals surface area contributed by atoms with Gasteiger partial charge in [0.1, 0.15) is 5.82 Å². The van der Waals surface area contributed by atoms with Crippen molar-refractivity contribution >= 4 is 34.0 Å². The molecule has 1 aromatic carbocycles. The van der Waals surface area contributed by atoms with Crippen LogP contribution in [0.4, 0.5) is 5.82 Å². The summed E-state index contributed by atoms with van der Waals surface area (Å²) in [6.45, 7) is 2.23. The molecule has 3 fully saturated rings. The minimum atomic E-state index is 0.0562. The van der Waals surface area contributed by atoms with E-state index < -0.39 is 0 Å². The van der Waals surface area contributed by atoms with Crippen LogP contribution in [0.15, 0.2) is 47.3 Å². The number of aromatic nitrogens is 2. The van der Waals surface area contributed by atoms with Crippen molar-refractivity contribution in [2.75, 3.05) is 18.0 Å². The first kappa shape index (κ1) is 15.8. The van der Waals surface area contributed by atoms with E-state index in [2.05, 4.69) is 28.1 Å². The SMILES string of the molecule is O=C1[C@H]2CC[C@H](CN(c3ccc4ccccc4n3)C2)N1Cc1cscn1. The molecule has 6 heteroatoms. The summed E-state index contributed by atoms with van der Waals surface area (Å²) in [7, 11) is 0. The fraction of sp³-hybridized carbons (Fsp3) is 0.350. The van der Waals surface area contributed by atoms with Crippen LogP contribution in [0.2, 0.25) is 0 Å². The molecule has 0 radical (unpaired) electrons. The van der Waals surface area contributed by atoms with Gasteiger partial charge in [0.25, 0.3) is 0 Å². The number of thiazole rings is 1. The lowest BCUT2D eigenvalue weighted by Gasteiger charge is -2.35. The monoisotopic (exact) mass is 364 g/mol. The fourth-order valence-electron chi connectivity index (χ4n) is 4.16. The Morgan fingerprint density at radius 2 is 2.04 bits per heavy atom. The summed E-state index contributed by atoms with van der Waals surface area (Å²) in [5, 5.41) is 3.18. The maximum absolute atomic E-state index is 13.0. The number of hydrogen-bond donors (Lipinski definition) is 0. The van der Waals surface area contributed by atoms with Gasteiger partial charge >= 0.3 is 0 Å². The molecule has 5 nitrogen and oxygen atoms in total. The molecule has 132 valence electrons. The van der Waals surface area contributed by atoms with Gasteiger partial charge in [-0.25, -0.2) is 9.97 Å². The van der Waals surface area contributed by atoms with E-state index in [9.17, 15) is 4.79 Å². The highest BCUT2D eigenvalue weighted by Gasteiger charge is 2.41. The fourth-order valence-corrected chi connectivity index (χ4v) is 4.71. The Hall–Kier alpha value is -2.47. The Morgan fingerprint density at radius 3 is 2.92 bits per heavy atom. The second-order valence-electron chi connectivity index (χ2n) is 7.14. The Labute approximate surface area is 156 Å². The van der Waals surface area contributed by atoms with E-state index in [1.807, 2.05) is 34.0 Å². The first-order valence-corrected chi connectivity index (χ1v) is 10.0. The molecular weight excluding hydrogens is 344 g/mol. The lowest BCUT2D eigenvalue weighted by Crippen LogP contribution is -2.47. The minimum absolute atomic E-state index is 0.0562. The van der Waals surface area contributed by atoms with Gasteiger partial charge in [-0.3, -0.25) is 4.79 Å². The van der Waals surface area contributed by atoms with E-state index in [4.69, 9.17) is 4.98 Å². The van der Waals surface area contributed by atoms with Crippen LogP contribution in [0.1, 0.15) is 18.5 Å². The Bertz CT molecular complexity index is 942. The summed E-state index contributed by atoms with van der Waals surface area (Å²) in [5.74, 6) is 1.31. The molecule has 0 aliphatic carbocycles. The number of benzene rings is 1. The summed E-state index contributed by atoms with van der Waals surface area (Å²) in [5.41, 5.74) is 3.83. The normalized spacial score (nSPS) is 22.8. The zero-order chi connectivity index (χ0) is 17.5. The molecule has 3 aliphatic rings. The molecule has 2 atom stereocenters. The van der Waals surface area contributed by atoms with Gasteiger partial charge in [0.2, 0.25) is 5.91 Å². The predicted molar refractivity (Wildman–Crippen MR) is 103 cm³/mol. The van der Waals surface area contributed by atoms with Gasteiger partial charge in [-0.05, 0) is 31.0 Å². The van der Waals surface area contributed by atoms with Crippen LogP contribution >= 0.6 is 11.3 Å². The molecule has 2 aromatic heterocycles. The van der Waals surface area contributed by atoms with Crippen LogP contribution in [0, 0.1) is 5.92 Å². The molecule has 0 unspecified atom stereocenters. The minimum Gasteiger partial charge on any atom is -0.354 e. The van der Waals surface area contributed by atoms with Crippen LogP contribution in [0.5, 0.6) is 0 Å². The standard InChI is InChI=1S/C20H20N4OS/c25-20-15-5-7-17(24(20)10-16-12-26-13-21-16)11-23(9-15)19-8-6-14-3-1-2-4-18(14)22-19/h1-4,6,8,12-13,15,17H,5,7,9-11H2/t15-,17+/m0/s1. The largest absolute Gasteiger partial charge is 0.354 e. The zero-order valence-corrected chi connectivity index (χ0v) is 15.2. The third-order valence-corrected chi connectivity index (χ3v) is 6.15. The molecule has 3 saturated heterocycles. The molecule has 2 bridgehead atoms. The number of fused-ring (bicyclic) bond motifs is 5. The third kappa shape index (κ3) is 2.74. The number of nitrogens with zero attached hydrogens (tertiary/aromatic N) is 4. The van der Waals surface area contributed by atoms with Gasteiger partial charge in [0.05, 0.1) is 29.2 Å². The van der Waals surface area contributed by atoms with E-state index in [1.165, 1.54) is 0 Å². The average Bonchev–Trinajstić information content (AvgIpc) is 3.04. The number of carbonyl (C=O) groups is 1. The summed E-state index contributed by atoms with van der Waals surface area (Å²) in [6.07, 6.45) is 2.03. The highest BCUT2D eigenvalue weighted by molar-refractivity contribution is 7.07. The van der Waals surface area contributed by atoms with Crippen molar-refractivity contribution in [1.29, 1.82) is 0 Å². The van der Waals surface area contributed by atoms with E-state index in [0.717, 1.165) is 48.3 Å². The van der Waals surface area contributed by atoms with E-state index in [1.54, 1.807) is 11.3 Å². The molecule has 26 heavy (non-hydrogen) atoms. The van der Waals surface area contributed by atoms with Crippen molar-refractivity contribution in [3.8, 4) is 0 Å². The van der Waals surface area contributed by atoms with Gasteiger partial charge in [-0.2, -0.15) is 0 Å². The first-order valence-electron chi connectivity index (χ1n) is 9.06. The van der Waals surface area contributed by atoms with Crippen molar-refractivity contribution in [3.05, 3.63) is 53.0 Å². The first-order chi connectivity index (χ1) is 12.8. The van der Waals surface area contributed by atoms with E-state index in [0.29, 0.717) is 6.54 Å². The number of rotatable bonds is 3. The third-order valence-electron chi connectivity index (χ3n) is 5.52. The summed E-state index contributed by atoms with van der Waals surface area (Å²) >= 11 is 1.58. The zero-order valence-electron chi connectivity index (χ0n) is 14.4. The van der Waals surface area contributed by atoms with Gasteiger partial charge in [-0.1, -0.05) is 18.2 Å². The van der Waals surface area contributed by atoms with Crippen LogP contribution in [0.25, 0.3) is 10.9 Å². The topological polar surface area (TPSA) is 49.3 Å². The Morgan fingerprint density at radius 1 is 1.12 bits per heavy atom. The second-order valence-corrected chi connectivity index (χ2v) is 7.86. The van der Waals surface area contributed by atoms with Gasteiger partial charge in [0.15, 0.2) is 0 Å². The van der Waals surface area contributed by atoms with Crippen molar-refractivity contribution in [1.82, 2.24) is 14.9 Å². The lowest BCUT2D eigenvalue weighted by molar-refractivity contribution is -0.140. The number of piperidine rings is 1. The molecule has 5 heterocycles. The van der Waals surface area contributed by atoms with Gasteiger partial charge in [-0.15, -0.1) is 11.3 Å². The van der Waals surface area contributed by atoms with Crippen molar-refractivity contribution in [2.24, 2.45) is 5.92 Å². The van der Waals surface area contributed by atoms with Gasteiger partial charge in [0, 0.05) is 29.9 Å². The summed E-state index contributed by atoms with van der Waals surface area (Å²) in [4.78, 5) is 26.5. The number of pyridine rings is 1. The second kappa shape index (κ2) is 6.36. The Balaban J connectivity index is 1.44. The van der Waals surface area contributed by atoms with Crippen LogP contribution < -0.4 is 4.90 Å². The maximum Gasteiger partial charge on any atom is 0.228 e. The van der Waals surface area contributed by atoms with Crippen LogP contribution in [0.3, 0.4) is 0 Å². The predicted octanol–water partition coefficient (Wildman–Crippen LogP) is 3.32.